The SMILES string of the molecule is O=C(c1cnc(Nc2ccc(F)c(F)c2F)nc1)N1CCCCCC1. The van der Waals surface area contributed by atoms with E-state index in [2.05, 4.69) is 15.3 Å². The third-order valence-corrected chi connectivity index (χ3v) is 4.07. The van der Waals surface area contributed by atoms with Crippen molar-refractivity contribution in [2.45, 2.75) is 25.7 Å². The molecule has 1 aromatic carbocycles. The van der Waals surface area contributed by atoms with E-state index in [1.54, 1.807) is 4.90 Å². The normalized spacial score (nSPS) is 14.9. The fourth-order valence-corrected chi connectivity index (χ4v) is 2.70. The predicted molar refractivity (Wildman–Crippen MR) is 86.0 cm³/mol. The van der Waals surface area contributed by atoms with Crippen molar-refractivity contribution in [1.29, 1.82) is 0 Å². The van der Waals surface area contributed by atoms with Crippen LogP contribution in [0, 0.1) is 17.5 Å². The van der Waals surface area contributed by atoms with Crippen LogP contribution in [0.3, 0.4) is 0 Å². The van der Waals surface area contributed by atoms with Gasteiger partial charge in [-0.05, 0) is 25.0 Å². The van der Waals surface area contributed by atoms with E-state index < -0.39 is 17.5 Å². The number of carbonyl (C=O) groups excluding carboxylic acids is 1. The number of halogens is 3. The first-order chi connectivity index (χ1) is 12.1. The van der Waals surface area contributed by atoms with Crippen molar-refractivity contribution in [2.75, 3.05) is 18.4 Å². The van der Waals surface area contributed by atoms with Gasteiger partial charge < -0.3 is 10.2 Å². The Morgan fingerprint density at radius 1 is 0.960 bits per heavy atom. The van der Waals surface area contributed by atoms with E-state index in [4.69, 9.17) is 0 Å². The summed E-state index contributed by atoms with van der Waals surface area (Å²) in [4.78, 5) is 22.1. The number of carbonyl (C=O) groups is 1. The molecule has 0 saturated carbocycles. The lowest BCUT2D eigenvalue weighted by Crippen LogP contribution is -2.32. The van der Waals surface area contributed by atoms with E-state index in [0.717, 1.165) is 37.8 Å². The summed E-state index contributed by atoms with van der Waals surface area (Å²) in [5.41, 5.74) is 0.0451. The Morgan fingerprint density at radius 3 is 2.24 bits per heavy atom. The molecule has 2 heterocycles. The highest BCUT2D eigenvalue weighted by Crippen LogP contribution is 2.22. The summed E-state index contributed by atoms with van der Waals surface area (Å²) in [7, 11) is 0. The third kappa shape index (κ3) is 3.89. The molecule has 5 nitrogen and oxygen atoms in total. The van der Waals surface area contributed by atoms with Crippen LogP contribution < -0.4 is 5.32 Å². The molecule has 8 heteroatoms. The van der Waals surface area contributed by atoms with Gasteiger partial charge in [0.15, 0.2) is 17.5 Å². The van der Waals surface area contributed by atoms with Crippen LogP contribution in [0.4, 0.5) is 24.8 Å². The maximum absolute atomic E-state index is 13.6. The van der Waals surface area contributed by atoms with Gasteiger partial charge in [0.1, 0.15) is 0 Å². The fourth-order valence-electron chi connectivity index (χ4n) is 2.70. The Bertz CT molecular complexity index is 759. The quantitative estimate of drug-likeness (QED) is 0.859. The van der Waals surface area contributed by atoms with Gasteiger partial charge >= 0.3 is 0 Å². The summed E-state index contributed by atoms with van der Waals surface area (Å²) < 4.78 is 39.8. The number of nitrogens with one attached hydrogen (secondary N) is 1. The molecule has 1 aliphatic rings. The number of nitrogens with zero attached hydrogens (tertiary/aromatic N) is 3. The van der Waals surface area contributed by atoms with E-state index in [9.17, 15) is 18.0 Å². The highest BCUT2D eigenvalue weighted by atomic mass is 19.2. The van der Waals surface area contributed by atoms with Crippen LogP contribution in [-0.2, 0) is 0 Å². The van der Waals surface area contributed by atoms with Crippen LogP contribution in [0.15, 0.2) is 24.5 Å². The average molecular weight is 350 g/mol. The Labute approximate surface area is 142 Å². The number of benzene rings is 1. The van der Waals surface area contributed by atoms with Crippen molar-refractivity contribution in [3.63, 3.8) is 0 Å². The largest absolute Gasteiger partial charge is 0.339 e. The zero-order chi connectivity index (χ0) is 17.8. The Balaban J connectivity index is 1.72. The predicted octanol–water partition coefficient (Wildman–Crippen LogP) is 3.65. The molecule has 0 spiro atoms. The number of anilines is 2. The van der Waals surface area contributed by atoms with E-state index in [1.165, 1.54) is 12.4 Å². The molecule has 0 atom stereocenters. The lowest BCUT2D eigenvalue weighted by atomic mass is 10.2. The molecule has 3 rings (SSSR count). The summed E-state index contributed by atoms with van der Waals surface area (Å²) >= 11 is 0. The average Bonchev–Trinajstić information content (AvgIpc) is 2.92. The van der Waals surface area contributed by atoms with Crippen LogP contribution in [0.1, 0.15) is 36.0 Å². The molecule has 1 N–H and O–H groups in total. The second-order valence-electron chi connectivity index (χ2n) is 5.85. The van der Waals surface area contributed by atoms with Crippen molar-refractivity contribution >= 4 is 17.5 Å². The van der Waals surface area contributed by atoms with Crippen molar-refractivity contribution in [3.8, 4) is 0 Å². The molecule has 1 amide bonds. The second kappa shape index (κ2) is 7.50. The molecular weight excluding hydrogens is 333 g/mol. The first-order valence-electron chi connectivity index (χ1n) is 8.08. The summed E-state index contributed by atoms with van der Waals surface area (Å²) in [5, 5.41) is 2.47. The lowest BCUT2D eigenvalue weighted by Gasteiger charge is -2.19. The molecule has 1 aliphatic heterocycles. The van der Waals surface area contributed by atoms with Gasteiger partial charge in [-0.15, -0.1) is 0 Å². The minimum atomic E-state index is -1.57. The Morgan fingerprint density at radius 2 is 1.60 bits per heavy atom. The molecule has 0 bridgehead atoms. The molecule has 2 aromatic rings. The lowest BCUT2D eigenvalue weighted by molar-refractivity contribution is 0.0761. The highest BCUT2D eigenvalue weighted by molar-refractivity contribution is 5.93. The van der Waals surface area contributed by atoms with E-state index in [1.807, 2.05) is 0 Å². The molecule has 0 radical (unpaired) electrons. The van der Waals surface area contributed by atoms with Crippen molar-refractivity contribution < 1.29 is 18.0 Å². The van der Waals surface area contributed by atoms with Crippen molar-refractivity contribution in [3.05, 3.63) is 47.5 Å². The van der Waals surface area contributed by atoms with Crippen LogP contribution in [0.2, 0.25) is 0 Å². The van der Waals surface area contributed by atoms with Gasteiger partial charge in [-0.3, -0.25) is 4.79 Å². The van der Waals surface area contributed by atoms with E-state index >= 15 is 0 Å². The smallest absolute Gasteiger partial charge is 0.256 e. The second-order valence-corrected chi connectivity index (χ2v) is 5.85. The number of rotatable bonds is 3. The highest BCUT2D eigenvalue weighted by Gasteiger charge is 2.18. The zero-order valence-corrected chi connectivity index (χ0v) is 13.4. The minimum absolute atomic E-state index is 0.0164. The molecule has 132 valence electrons. The topological polar surface area (TPSA) is 58.1 Å². The third-order valence-electron chi connectivity index (χ3n) is 4.07. The molecule has 0 aliphatic carbocycles. The fraction of sp³-hybridized carbons (Fsp3) is 0.353. The standard InChI is InChI=1S/C17H17F3N4O/c18-12-5-6-13(15(20)14(12)19)23-17-21-9-11(10-22-17)16(25)24-7-3-1-2-4-8-24/h5-6,9-10H,1-4,7-8H2,(H,21,22,23). The maximum atomic E-state index is 13.6. The van der Waals surface area contributed by atoms with Crippen molar-refractivity contribution in [2.24, 2.45) is 0 Å². The van der Waals surface area contributed by atoms with Crippen LogP contribution in [-0.4, -0.2) is 33.9 Å². The molecule has 25 heavy (non-hydrogen) atoms. The summed E-state index contributed by atoms with van der Waals surface area (Å²) in [6.07, 6.45) is 6.84. The van der Waals surface area contributed by atoms with E-state index in [-0.39, 0.29) is 17.5 Å². The van der Waals surface area contributed by atoms with Gasteiger partial charge in [0.05, 0.1) is 11.3 Å². The maximum Gasteiger partial charge on any atom is 0.256 e. The summed E-state index contributed by atoms with van der Waals surface area (Å²) in [6.45, 7) is 1.41. The Hall–Kier alpha value is -2.64. The number of hydrogen-bond acceptors (Lipinski definition) is 4. The Kier molecular flexibility index (Phi) is 5.16. The van der Waals surface area contributed by atoms with Gasteiger partial charge in [-0.25, -0.2) is 23.1 Å². The molecule has 1 aromatic heterocycles. The van der Waals surface area contributed by atoms with Crippen molar-refractivity contribution in [1.82, 2.24) is 14.9 Å². The molecule has 0 unspecified atom stereocenters. The first kappa shape index (κ1) is 17.2. The molecular formula is C17H17F3N4O. The minimum Gasteiger partial charge on any atom is -0.339 e. The first-order valence-corrected chi connectivity index (χ1v) is 8.08. The van der Waals surface area contributed by atoms with Crippen LogP contribution in [0.25, 0.3) is 0 Å². The van der Waals surface area contributed by atoms with Gasteiger partial charge in [0, 0.05) is 25.5 Å². The van der Waals surface area contributed by atoms with Gasteiger partial charge in [0.2, 0.25) is 5.95 Å². The van der Waals surface area contributed by atoms with Gasteiger partial charge in [0.25, 0.3) is 5.91 Å². The van der Waals surface area contributed by atoms with Crippen LogP contribution >= 0.6 is 0 Å². The summed E-state index contributed by atoms with van der Waals surface area (Å²) in [5.74, 6) is -4.36. The zero-order valence-electron chi connectivity index (χ0n) is 13.4. The van der Waals surface area contributed by atoms with Crippen LogP contribution in [0.5, 0.6) is 0 Å². The monoisotopic (exact) mass is 350 g/mol. The number of aromatic nitrogens is 2. The molecule has 1 saturated heterocycles. The number of hydrogen-bond donors (Lipinski definition) is 1. The number of amides is 1. The van der Waals surface area contributed by atoms with E-state index in [0.29, 0.717) is 18.7 Å². The van der Waals surface area contributed by atoms with Gasteiger partial charge in [-0.1, -0.05) is 12.8 Å². The summed E-state index contributed by atoms with van der Waals surface area (Å²) in [6, 6.07) is 1.85. The van der Waals surface area contributed by atoms with Gasteiger partial charge in [-0.2, -0.15) is 0 Å². The molecule has 1 fully saturated rings. The number of likely N-dealkylation sites (tertiary alicyclic amines) is 1.